The monoisotopic (exact) mass is 201 g/mol. The van der Waals surface area contributed by atoms with E-state index in [-0.39, 0.29) is 4.90 Å². The summed E-state index contributed by atoms with van der Waals surface area (Å²) in [6.45, 7) is 1.69. The fourth-order valence-electron chi connectivity index (χ4n) is 1.01. The number of anilines is 1. The number of nitrogens with one attached hydrogen (secondary N) is 1. The van der Waals surface area contributed by atoms with E-state index in [1.54, 1.807) is 13.0 Å². The van der Waals surface area contributed by atoms with Gasteiger partial charge in [0.25, 0.3) is 0 Å². The number of hydrogen-bond donors (Lipinski definition) is 2. The Kier molecular flexibility index (Phi) is 2.53. The van der Waals surface area contributed by atoms with Crippen LogP contribution in [0.15, 0.2) is 17.2 Å². The summed E-state index contributed by atoms with van der Waals surface area (Å²) < 4.78 is 22.3. The summed E-state index contributed by atoms with van der Waals surface area (Å²) in [4.78, 5) is 4.04. The number of hydrogen-bond acceptors (Lipinski definition) is 5. The second-order valence-electron chi connectivity index (χ2n) is 2.75. The molecule has 0 spiro atoms. The molecule has 0 saturated heterocycles. The van der Waals surface area contributed by atoms with Gasteiger partial charge in [0.05, 0.1) is 4.90 Å². The van der Waals surface area contributed by atoms with E-state index in [0.29, 0.717) is 11.4 Å². The van der Waals surface area contributed by atoms with Crippen LogP contribution in [-0.2, 0) is 9.84 Å². The van der Waals surface area contributed by atoms with Gasteiger partial charge in [-0.25, -0.2) is 19.2 Å². The van der Waals surface area contributed by atoms with Crippen LogP contribution in [0, 0.1) is 6.92 Å². The van der Waals surface area contributed by atoms with E-state index in [1.165, 1.54) is 6.20 Å². The lowest BCUT2D eigenvalue weighted by atomic mass is 10.3. The molecule has 6 heteroatoms. The van der Waals surface area contributed by atoms with E-state index >= 15 is 0 Å². The van der Waals surface area contributed by atoms with Gasteiger partial charge in [0.15, 0.2) is 9.84 Å². The first-order valence-corrected chi connectivity index (χ1v) is 5.47. The lowest BCUT2D eigenvalue weighted by Gasteiger charge is -2.04. The smallest absolute Gasteiger partial charge is 0.177 e. The van der Waals surface area contributed by atoms with E-state index in [0.717, 1.165) is 6.26 Å². The van der Waals surface area contributed by atoms with Gasteiger partial charge in [-0.3, -0.25) is 0 Å². The highest BCUT2D eigenvalue weighted by atomic mass is 32.2. The molecule has 0 unspecified atom stereocenters. The Morgan fingerprint density at radius 1 is 1.54 bits per heavy atom. The average Bonchev–Trinajstić information content (AvgIpc) is 2.01. The molecule has 0 aromatic carbocycles. The average molecular weight is 201 g/mol. The van der Waals surface area contributed by atoms with Crippen molar-refractivity contribution >= 4 is 15.7 Å². The number of nitrogen functional groups attached to an aromatic ring is 1. The van der Waals surface area contributed by atoms with Crippen molar-refractivity contribution in [1.82, 2.24) is 4.98 Å². The van der Waals surface area contributed by atoms with Crippen molar-refractivity contribution < 1.29 is 8.42 Å². The van der Waals surface area contributed by atoms with E-state index in [1.807, 2.05) is 0 Å². The molecule has 0 atom stereocenters. The lowest BCUT2D eigenvalue weighted by molar-refractivity contribution is 0.601. The molecule has 0 fully saturated rings. The molecule has 0 aliphatic carbocycles. The number of sulfone groups is 1. The quantitative estimate of drug-likeness (QED) is 0.523. The number of aromatic nitrogens is 1. The Bertz CT molecular complexity index is 414. The maximum Gasteiger partial charge on any atom is 0.177 e. The molecule has 5 nitrogen and oxygen atoms in total. The molecule has 13 heavy (non-hydrogen) atoms. The van der Waals surface area contributed by atoms with E-state index in [2.05, 4.69) is 10.4 Å². The van der Waals surface area contributed by atoms with Crippen LogP contribution < -0.4 is 11.3 Å². The Morgan fingerprint density at radius 3 is 2.54 bits per heavy atom. The zero-order chi connectivity index (χ0) is 10.1. The van der Waals surface area contributed by atoms with Crippen molar-refractivity contribution in [2.45, 2.75) is 11.8 Å². The van der Waals surface area contributed by atoms with E-state index in [9.17, 15) is 8.42 Å². The summed E-state index contributed by atoms with van der Waals surface area (Å²) in [6.07, 6.45) is 2.44. The van der Waals surface area contributed by atoms with Gasteiger partial charge >= 0.3 is 0 Å². The van der Waals surface area contributed by atoms with Gasteiger partial charge in [0, 0.05) is 12.5 Å². The van der Waals surface area contributed by atoms with Crippen LogP contribution >= 0.6 is 0 Å². The summed E-state index contributed by atoms with van der Waals surface area (Å²) in [5, 5.41) is 0. The van der Waals surface area contributed by atoms with Crippen molar-refractivity contribution in [3.8, 4) is 0 Å². The molecule has 72 valence electrons. The Hall–Kier alpha value is -1.14. The standard InChI is InChI=1S/C7H11N3O2S/c1-5-3-7(10-8)9-4-6(5)13(2,11)12/h3-4H,8H2,1-2H3,(H,9,10). The fourth-order valence-corrected chi connectivity index (χ4v) is 1.90. The fraction of sp³-hybridized carbons (Fsp3) is 0.286. The Morgan fingerprint density at radius 2 is 2.15 bits per heavy atom. The highest BCUT2D eigenvalue weighted by molar-refractivity contribution is 7.90. The van der Waals surface area contributed by atoms with Crippen LogP contribution in [0.2, 0.25) is 0 Å². The molecular formula is C7H11N3O2S. The first kappa shape index (κ1) is 9.94. The van der Waals surface area contributed by atoms with Gasteiger partial charge in [0.2, 0.25) is 0 Å². The second kappa shape index (κ2) is 3.31. The van der Waals surface area contributed by atoms with Crippen molar-refractivity contribution in [2.75, 3.05) is 11.7 Å². The van der Waals surface area contributed by atoms with Crippen molar-refractivity contribution in [3.63, 3.8) is 0 Å². The third-order valence-corrected chi connectivity index (χ3v) is 2.84. The Labute approximate surface area is 76.9 Å². The summed E-state index contributed by atoms with van der Waals surface area (Å²) in [5.41, 5.74) is 2.97. The minimum absolute atomic E-state index is 0.228. The topological polar surface area (TPSA) is 85.1 Å². The molecule has 0 aliphatic rings. The summed E-state index contributed by atoms with van der Waals surface area (Å²) in [6, 6.07) is 1.58. The van der Waals surface area contributed by atoms with Gasteiger partial charge in [-0.15, -0.1) is 0 Å². The predicted molar refractivity (Wildman–Crippen MR) is 49.9 cm³/mol. The summed E-state index contributed by atoms with van der Waals surface area (Å²) >= 11 is 0. The van der Waals surface area contributed by atoms with Crippen LogP contribution in [0.3, 0.4) is 0 Å². The highest BCUT2D eigenvalue weighted by Gasteiger charge is 2.11. The van der Waals surface area contributed by atoms with Crippen LogP contribution in [0.5, 0.6) is 0 Å². The molecule has 0 aliphatic heterocycles. The zero-order valence-electron chi connectivity index (χ0n) is 7.40. The second-order valence-corrected chi connectivity index (χ2v) is 4.74. The molecule has 0 amide bonds. The number of nitrogens with two attached hydrogens (primary N) is 1. The third kappa shape index (κ3) is 2.16. The van der Waals surface area contributed by atoms with Gasteiger partial charge < -0.3 is 5.43 Å². The Balaban J connectivity index is 3.29. The number of aryl methyl sites for hydroxylation is 1. The lowest BCUT2D eigenvalue weighted by Crippen LogP contribution is -2.10. The van der Waals surface area contributed by atoms with Gasteiger partial charge in [-0.2, -0.15) is 0 Å². The third-order valence-electron chi connectivity index (χ3n) is 1.61. The van der Waals surface area contributed by atoms with Crippen molar-refractivity contribution in [3.05, 3.63) is 17.8 Å². The minimum Gasteiger partial charge on any atom is -0.308 e. The van der Waals surface area contributed by atoms with Gasteiger partial charge in [-0.05, 0) is 18.6 Å². The number of hydrazine groups is 1. The molecule has 1 aromatic rings. The number of pyridine rings is 1. The van der Waals surface area contributed by atoms with Gasteiger partial charge in [-0.1, -0.05) is 0 Å². The maximum absolute atomic E-state index is 11.2. The number of rotatable bonds is 2. The van der Waals surface area contributed by atoms with E-state index in [4.69, 9.17) is 5.84 Å². The first-order chi connectivity index (χ1) is 5.95. The molecule has 1 aromatic heterocycles. The zero-order valence-corrected chi connectivity index (χ0v) is 8.22. The molecule has 0 bridgehead atoms. The van der Waals surface area contributed by atoms with Crippen molar-refractivity contribution in [1.29, 1.82) is 0 Å². The largest absolute Gasteiger partial charge is 0.308 e. The SMILES string of the molecule is Cc1cc(NN)ncc1S(C)(=O)=O. The molecule has 3 N–H and O–H groups in total. The molecule has 0 saturated carbocycles. The van der Waals surface area contributed by atoms with Crippen LogP contribution in [0.1, 0.15) is 5.56 Å². The highest BCUT2D eigenvalue weighted by Crippen LogP contribution is 2.15. The van der Waals surface area contributed by atoms with Crippen molar-refractivity contribution in [2.24, 2.45) is 5.84 Å². The normalized spacial score (nSPS) is 11.3. The minimum atomic E-state index is -3.19. The van der Waals surface area contributed by atoms with Crippen LogP contribution in [0.25, 0.3) is 0 Å². The van der Waals surface area contributed by atoms with Gasteiger partial charge in [0.1, 0.15) is 5.82 Å². The molecule has 1 rings (SSSR count). The molecule has 0 radical (unpaired) electrons. The molecular weight excluding hydrogens is 190 g/mol. The predicted octanol–water partition coefficient (Wildman–Crippen LogP) is 0.0791. The summed E-state index contributed by atoms with van der Waals surface area (Å²) in [5.74, 6) is 5.56. The van der Waals surface area contributed by atoms with Crippen LogP contribution in [0.4, 0.5) is 5.82 Å². The maximum atomic E-state index is 11.2. The van der Waals surface area contributed by atoms with Crippen LogP contribution in [-0.4, -0.2) is 19.7 Å². The summed E-state index contributed by atoms with van der Waals surface area (Å²) in [7, 11) is -3.19. The number of nitrogens with zero attached hydrogens (tertiary/aromatic N) is 1. The first-order valence-electron chi connectivity index (χ1n) is 3.58. The van der Waals surface area contributed by atoms with E-state index < -0.39 is 9.84 Å². The molecule has 1 heterocycles.